The smallest absolute Gasteiger partial charge is 0.143 e. The van der Waals surface area contributed by atoms with E-state index in [9.17, 15) is 0 Å². The van der Waals surface area contributed by atoms with Gasteiger partial charge < -0.3 is 23.5 Å². The van der Waals surface area contributed by atoms with E-state index in [1.165, 1.54) is 10.8 Å². The Balaban J connectivity index is 0.00000577. The Bertz CT molecular complexity index is 4860. The molecule has 0 N–H and O–H groups in total. The van der Waals surface area contributed by atoms with Gasteiger partial charge in [-0.1, -0.05) is 182 Å². The summed E-state index contributed by atoms with van der Waals surface area (Å²) in [5, 5.41) is 11.2. The first kappa shape index (κ1) is 48.6. The molecule has 14 aromatic rings. The maximum Gasteiger partial charge on any atom is 0.143 e. The predicted molar refractivity (Wildman–Crippen MR) is 330 cm³/mol. The van der Waals surface area contributed by atoms with E-state index in [1.54, 1.807) is 0 Å². The molecule has 0 bridgehead atoms. The van der Waals surface area contributed by atoms with Crippen LogP contribution in [0.3, 0.4) is 0 Å². The molecule has 0 unspecified atom stereocenters. The van der Waals surface area contributed by atoms with E-state index >= 15 is 0 Å². The number of aromatic nitrogens is 3. The molecule has 10 aromatic carbocycles. The van der Waals surface area contributed by atoms with E-state index < -0.39 is 0 Å². The average Bonchev–Trinajstić information content (AvgIpc) is 4.31. The number of pyridine rings is 1. The number of benzene rings is 10. The summed E-state index contributed by atoms with van der Waals surface area (Å²) in [4.78, 5) is 9.73. The molecule has 0 aliphatic carbocycles. The van der Waals surface area contributed by atoms with Gasteiger partial charge in [-0.15, -0.1) is 48.1 Å². The first-order valence-corrected chi connectivity index (χ1v) is 26.7. The van der Waals surface area contributed by atoms with Crippen LogP contribution in [0.2, 0.25) is 0 Å². The Morgan fingerprint density at radius 2 is 1.11 bits per heavy atom. The van der Waals surface area contributed by atoms with Crippen molar-refractivity contribution in [3.05, 3.63) is 286 Å². The molecule has 0 radical (unpaired) electrons. The summed E-state index contributed by atoms with van der Waals surface area (Å²) < 4.78 is 11.7. The zero-order valence-corrected chi connectivity index (χ0v) is 45.8. The summed E-state index contributed by atoms with van der Waals surface area (Å²) in [6.07, 6.45) is 10.1. The summed E-state index contributed by atoms with van der Waals surface area (Å²) in [6.45, 7) is 8.74. The van der Waals surface area contributed by atoms with Gasteiger partial charge >= 0.3 is 0 Å². The monoisotopic (exact) mass is 1210 g/mol. The number of para-hydroxylation sites is 5. The number of hydrogen-bond donors (Lipinski definition) is 0. The molecule has 384 valence electrons. The van der Waals surface area contributed by atoms with Crippen molar-refractivity contribution in [1.82, 2.24) is 14.0 Å². The Hall–Kier alpha value is -9.74. The van der Waals surface area contributed by atoms with Gasteiger partial charge in [0.05, 0.1) is 11.0 Å². The van der Waals surface area contributed by atoms with Gasteiger partial charge in [-0.3, -0.25) is 0 Å². The number of hydrogen-bond acceptors (Lipinski definition) is 4. The molecule has 7 heteroatoms. The standard InChI is InChI=1S/C73H48N5O.Pt/c1-3-4-6-22-48(2)54-33-20-34-55(49-23-7-5-8-24-49)71(54)76-47-75(68-38-17-18-39-69(68)76)50-25-19-26-52(43-50)79-53-40-41-62-65-45-51(77-66-36-15-13-31-60(66)61-32-14-16-37-67(61)77)44-64-59-30-12-10-28-57(59)56-27-9-11-29-58(56)63-35-21-42-74-73(63)78(72(64)65)70(62)46-53;/h3-42,44-45,47H,2H2,1H3;/q-3;/b4-3-,22-6-;. The minimum atomic E-state index is 0. The molecule has 15 rings (SSSR count). The van der Waals surface area contributed by atoms with E-state index in [0.29, 0.717) is 11.5 Å². The molecular formula is C73H48N5OPt-3. The SMILES string of the molecule is C=C(/C=C\C=C/C)c1cccc(-c2ccccc2)c1N1[CH-]N(c2[c-]c(Oc3[c-]c4c(cc3)c3cc(-n5c6ccccc6c6ccccc65)cc5c6ccccc6c6ccccc6c6cccnc6n4c53)ccc2)c2ccccc21.[Pt]. The van der Waals surface area contributed by atoms with Gasteiger partial charge in [-0.05, 0) is 93.5 Å². The molecule has 4 aromatic heterocycles. The molecule has 1 aliphatic rings. The van der Waals surface area contributed by atoms with Crippen molar-refractivity contribution >= 4 is 110 Å². The van der Waals surface area contributed by atoms with Crippen LogP contribution in [0.4, 0.5) is 22.7 Å². The summed E-state index contributed by atoms with van der Waals surface area (Å²) in [5.74, 6) is 1.11. The second-order valence-electron chi connectivity index (χ2n) is 20.0. The third-order valence-corrected chi connectivity index (χ3v) is 15.5. The summed E-state index contributed by atoms with van der Waals surface area (Å²) in [7, 11) is 0. The quantitative estimate of drug-likeness (QED) is 0.107. The molecule has 0 spiro atoms. The van der Waals surface area contributed by atoms with Crippen LogP contribution in [0.1, 0.15) is 12.5 Å². The fourth-order valence-corrected chi connectivity index (χ4v) is 12.1. The molecule has 0 saturated carbocycles. The van der Waals surface area contributed by atoms with Crippen LogP contribution in [0, 0.1) is 18.8 Å². The topological polar surface area (TPSA) is 37.9 Å². The summed E-state index contributed by atoms with van der Waals surface area (Å²) in [5.41, 5.74) is 14.1. The van der Waals surface area contributed by atoms with Crippen LogP contribution in [0.15, 0.2) is 262 Å². The normalized spacial score (nSPS) is 12.6. The fraction of sp³-hybridized carbons (Fsp3) is 0.0137. The molecule has 0 amide bonds. The minimum Gasteiger partial charge on any atom is -0.509 e. The molecule has 0 atom stereocenters. The number of fused-ring (bicyclic) bond motifs is 14. The van der Waals surface area contributed by atoms with Gasteiger partial charge in [0.2, 0.25) is 0 Å². The summed E-state index contributed by atoms with van der Waals surface area (Å²) >= 11 is 0. The minimum absolute atomic E-state index is 0. The second-order valence-corrected chi connectivity index (χ2v) is 20.0. The Kier molecular flexibility index (Phi) is 12.1. The third-order valence-electron chi connectivity index (χ3n) is 15.5. The Morgan fingerprint density at radius 3 is 1.82 bits per heavy atom. The van der Waals surface area contributed by atoms with Crippen LogP contribution in [0.5, 0.6) is 11.5 Å². The fourth-order valence-electron chi connectivity index (χ4n) is 12.1. The molecule has 0 fully saturated rings. The molecule has 1 aliphatic heterocycles. The van der Waals surface area contributed by atoms with E-state index in [0.717, 1.165) is 122 Å². The van der Waals surface area contributed by atoms with E-state index in [-0.39, 0.29) is 21.1 Å². The van der Waals surface area contributed by atoms with Crippen LogP contribution in [0.25, 0.3) is 104 Å². The van der Waals surface area contributed by atoms with E-state index in [4.69, 9.17) is 9.72 Å². The maximum atomic E-state index is 6.94. The third kappa shape index (κ3) is 7.86. The van der Waals surface area contributed by atoms with E-state index in [1.807, 2.05) is 55.6 Å². The van der Waals surface area contributed by atoms with Gasteiger partial charge in [-0.25, -0.2) is 4.98 Å². The number of nitrogens with zero attached hydrogens (tertiary/aromatic N) is 5. The first-order chi connectivity index (χ1) is 39.1. The van der Waals surface area contributed by atoms with Crippen molar-refractivity contribution in [3.63, 3.8) is 0 Å². The van der Waals surface area contributed by atoms with Gasteiger partial charge in [-0.2, -0.15) is 12.1 Å². The zero-order chi connectivity index (χ0) is 52.6. The maximum absolute atomic E-state index is 6.94. The van der Waals surface area contributed by atoms with Crippen molar-refractivity contribution in [1.29, 1.82) is 0 Å². The molecular weight excluding hydrogens is 1160 g/mol. The van der Waals surface area contributed by atoms with Gasteiger partial charge in [0.1, 0.15) is 5.65 Å². The van der Waals surface area contributed by atoms with Crippen molar-refractivity contribution in [2.75, 3.05) is 9.80 Å². The zero-order valence-electron chi connectivity index (χ0n) is 43.5. The van der Waals surface area contributed by atoms with Crippen molar-refractivity contribution < 1.29 is 25.8 Å². The van der Waals surface area contributed by atoms with Crippen LogP contribution < -0.4 is 14.5 Å². The number of allylic oxidation sites excluding steroid dienone is 5. The first-order valence-electron chi connectivity index (χ1n) is 26.7. The molecule has 80 heavy (non-hydrogen) atoms. The van der Waals surface area contributed by atoms with Gasteiger partial charge in [0, 0.05) is 99.7 Å². The van der Waals surface area contributed by atoms with Crippen molar-refractivity contribution in [2.45, 2.75) is 6.92 Å². The average molecular weight is 1210 g/mol. The van der Waals surface area contributed by atoms with Crippen molar-refractivity contribution in [2.24, 2.45) is 0 Å². The predicted octanol–water partition coefficient (Wildman–Crippen LogP) is 19.4. The van der Waals surface area contributed by atoms with Crippen LogP contribution in [-0.4, -0.2) is 14.0 Å². The van der Waals surface area contributed by atoms with Crippen LogP contribution >= 0.6 is 0 Å². The number of rotatable bonds is 9. The van der Waals surface area contributed by atoms with Crippen molar-refractivity contribution in [3.8, 4) is 28.3 Å². The van der Waals surface area contributed by atoms with Crippen LogP contribution in [-0.2, 0) is 21.1 Å². The second kappa shape index (κ2) is 19.9. The largest absolute Gasteiger partial charge is 0.509 e. The Labute approximate surface area is 477 Å². The molecule has 6 nitrogen and oxygen atoms in total. The molecule has 5 heterocycles. The Morgan fingerprint density at radius 1 is 0.525 bits per heavy atom. The molecule has 0 saturated heterocycles. The number of anilines is 4. The summed E-state index contributed by atoms with van der Waals surface area (Å²) in [6, 6.07) is 87.2. The van der Waals surface area contributed by atoms with Gasteiger partial charge in [0.15, 0.2) is 0 Å². The van der Waals surface area contributed by atoms with Gasteiger partial charge in [0.25, 0.3) is 0 Å². The van der Waals surface area contributed by atoms with E-state index in [2.05, 4.69) is 250 Å². The number of ether oxygens (including phenoxy) is 1.